The maximum absolute atomic E-state index is 12.9. The number of halogens is 1. The van der Waals surface area contributed by atoms with Crippen molar-refractivity contribution in [1.29, 1.82) is 0 Å². The first-order valence-electron chi connectivity index (χ1n) is 10.3. The van der Waals surface area contributed by atoms with Crippen LogP contribution in [0.2, 0.25) is 0 Å². The van der Waals surface area contributed by atoms with Gasteiger partial charge in [0.15, 0.2) is 11.5 Å². The van der Waals surface area contributed by atoms with Crippen LogP contribution in [0.15, 0.2) is 71.8 Å². The molecule has 0 aliphatic rings. The summed E-state index contributed by atoms with van der Waals surface area (Å²) < 4.78 is 28.9. The molecule has 0 aliphatic heterocycles. The zero-order chi connectivity index (χ0) is 24.3. The van der Waals surface area contributed by atoms with Crippen molar-refractivity contribution in [2.45, 2.75) is 6.61 Å². The Bertz CT molecular complexity index is 1150. The van der Waals surface area contributed by atoms with Crippen LogP contribution < -0.4 is 25.0 Å². The zero-order valence-corrected chi connectivity index (χ0v) is 18.7. The van der Waals surface area contributed by atoms with Gasteiger partial charge in [-0.1, -0.05) is 12.1 Å². The van der Waals surface area contributed by atoms with Crippen molar-refractivity contribution in [2.24, 2.45) is 5.10 Å². The summed E-state index contributed by atoms with van der Waals surface area (Å²) in [5, 5.41) is 6.40. The summed E-state index contributed by atoms with van der Waals surface area (Å²) in [6.07, 6.45) is 1.47. The monoisotopic (exact) mass is 465 g/mol. The molecule has 0 unspecified atom stereocenters. The lowest BCUT2D eigenvalue weighted by atomic mass is 10.2. The van der Waals surface area contributed by atoms with E-state index in [0.29, 0.717) is 29.4 Å². The van der Waals surface area contributed by atoms with Crippen LogP contribution in [0.4, 0.5) is 4.39 Å². The van der Waals surface area contributed by atoms with Crippen LogP contribution in [0.1, 0.15) is 21.5 Å². The number of ether oxygens (including phenoxy) is 3. The largest absolute Gasteiger partial charge is 0.493 e. The van der Waals surface area contributed by atoms with Crippen molar-refractivity contribution in [3.05, 3.63) is 89.2 Å². The fraction of sp³-hybridized carbons (Fsp3) is 0.160. The lowest BCUT2D eigenvalue weighted by Crippen LogP contribution is -2.34. The zero-order valence-electron chi connectivity index (χ0n) is 18.7. The molecule has 2 amide bonds. The van der Waals surface area contributed by atoms with Crippen molar-refractivity contribution in [2.75, 3.05) is 20.8 Å². The summed E-state index contributed by atoms with van der Waals surface area (Å²) in [6.45, 7) is 0.0689. The van der Waals surface area contributed by atoms with Crippen molar-refractivity contribution in [3.63, 3.8) is 0 Å². The predicted octanol–water partition coefficient (Wildman–Crippen LogP) is 3.30. The highest BCUT2D eigenvalue weighted by Gasteiger charge is 2.11. The van der Waals surface area contributed by atoms with Gasteiger partial charge in [0.2, 0.25) is 0 Å². The molecule has 34 heavy (non-hydrogen) atoms. The van der Waals surface area contributed by atoms with E-state index in [0.717, 1.165) is 11.1 Å². The minimum atomic E-state index is -0.482. The van der Waals surface area contributed by atoms with Crippen LogP contribution in [0.25, 0.3) is 0 Å². The predicted molar refractivity (Wildman–Crippen MR) is 125 cm³/mol. The van der Waals surface area contributed by atoms with Crippen LogP contribution in [-0.2, 0) is 11.4 Å². The van der Waals surface area contributed by atoms with Gasteiger partial charge in [0.1, 0.15) is 18.2 Å². The molecule has 0 atom stereocenters. The highest BCUT2D eigenvalue weighted by atomic mass is 19.1. The van der Waals surface area contributed by atoms with Gasteiger partial charge in [0, 0.05) is 5.56 Å². The third-order valence-corrected chi connectivity index (χ3v) is 4.66. The number of hydrazone groups is 1. The van der Waals surface area contributed by atoms with Gasteiger partial charge in [0.25, 0.3) is 11.8 Å². The summed E-state index contributed by atoms with van der Waals surface area (Å²) >= 11 is 0. The Morgan fingerprint density at radius 3 is 2.32 bits per heavy atom. The Morgan fingerprint density at radius 2 is 1.65 bits per heavy atom. The molecule has 0 bridgehead atoms. The second kappa shape index (κ2) is 12.0. The summed E-state index contributed by atoms with van der Waals surface area (Å²) in [6, 6.07) is 17.9. The lowest BCUT2D eigenvalue weighted by Gasteiger charge is -2.09. The van der Waals surface area contributed by atoms with Gasteiger partial charge < -0.3 is 19.5 Å². The molecule has 0 fully saturated rings. The molecule has 9 heteroatoms. The van der Waals surface area contributed by atoms with Crippen LogP contribution >= 0.6 is 0 Å². The topological polar surface area (TPSA) is 98.2 Å². The Kier molecular flexibility index (Phi) is 8.56. The van der Waals surface area contributed by atoms with E-state index in [1.54, 1.807) is 48.5 Å². The molecule has 3 aromatic rings. The quantitative estimate of drug-likeness (QED) is 0.354. The number of methoxy groups -OCH3 is 2. The van der Waals surface area contributed by atoms with E-state index >= 15 is 0 Å². The minimum absolute atomic E-state index is 0.249. The Hall–Kier alpha value is -4.40. The van der Waals surface area contributed by atoms with E-state index in [2.05, 4.69) is 15.8 Å². The molecule has 0 saturated heterocycles. The number of nitrogens with zero attached hydrogens (tertiary/aromatic N) is 1. The third kappa shape index (κ3) is 7.06. The first kappa shape index (κ1) is 24.2. The normalized spacial score (nSPS) is 10.6. The van der Waals surface area contributed by atoms with Crippen molar-refractivity contribution in [3.8, 4) is 17.2 Å². The summed E-state index contributed by atoms with van der Waals surface area (Å²) in [7, 11) is 2.97. The second-order valence-electron chi connectivity index (χ2n) is 7.03. The minimum Gasteiger partial charge on any atom is -0.493 e. The molecular weight excluding hydrogens is 441 g/mol. The van der Waals surface area contributed by atoms with E-state index in [-0.39, 0.29) is 12.4 Å². The fourth-order valence-corrected chi connectivity index (χ4v) is 2.86. The van der Waals surface area contributed by atoms with Crippen LogP contribution in [0.3, 0.4) is 0 Å². The maximum Gasteiger partial charge on any atom is 0.259 e. The molecule has 0 spiro atoms. The first-order valence-corrected chi connectivity index (χ1v) is 10.3. The molecule has 0 aromatic heterocycles. The molecule has 176 valence electrons. The molecule has 0 saturated carbocycles. The Balaban J connectivity index is 1.42. The van der Waals surface area contributed by atoms with Crippen molar-refractivity contribution >= 4 is 18.0 Å². The highest BCUT2D eigenvalue weighted by Crippen LogP contribution is 2.27. The molecule has 0 aliphatic carbocycles. The van der Waals surface area contributed by atoms with Crippen molar-refractivity contribution in [1.82, 2.24) is 10.7 Å². The van der Waals surface area contributed by atoms with E-state index in [9.17, 15) is 14.0 Å². The van der Waals surface area contributed by atoms with Gasteiger partial charge >= 0.3 is 0 Å². The molecule has 8 nitrogen and oxygen atoms in total. The average Bonchev–Trinajstić information content (AvgIpc) is 2.87. The SMILES string of the molecule is COc1ccc(C(=O)NCC(=O)N/N=C/c2ccc(OCc3ccc(F)cc3)cc2)cc1OC. The molecular formula is C25H24FN3O5. The highest BCUT2D eigenvalue weighted by molar-refractivity contribution is 5.97. The number of benzene rings is 3. The van der Waals surface area contributed by atoms with Gasteiger partial charge in [0.05, 0.1) is 27.0 Å². The van der Waals surface area contributed by atoms with Crippen LogP contribution in [-0.4, -0.2) is 38.8 Å². The summed E-state index contributed by atoms with van der Waals surface area (Å²) in [5.74, 6) is 0.346. The lowest BCUT2D eigenvalue weighted by molar-refractivity contribution is -0.120. The number of hydrogen-bond donors (Lipinski definition) is 2. The maximum atomic E-state index is 12.9. The number of hydrogen-bond acceptors (Lipinski definition) is 6. The summed E-state index contributed by atoms with van der Waals surface area (Å²) in [5.41, 5.74) is 4.28. The van der Waals surface area contributed by atoms with E-state index in [1.165, 1.54) is 38.6 Å². The van der Waals surface area contributed by atoms with Gasteiger partial charge in [-0.25, -0.2) is 9.82 Å². The third-order valence-electron chi connectivity index (χ3n) is 4.66. The Labute approximate surface area is 196 Å². The van der Waals surface area contributed by atoms with Crippen molar-refractivity contribution < 1.29 is 28.2 Å². The molecule has 0 heterocycles. The van der Waals surface area contributed by atoms with E-state index < -0.39 is 11.8 Å². The number of rotatable bonds is 10. The number of amides is 2. The van der Waals surface area contributed by atoms with Crippen LogP contribution in [0.5, 0.6) is 17.2 Å². The van der Waals surface area contributed by atoms with Gasteiger partial charge in [-0.2, -0.15) is 5.10 Å². The Morgan fingerprint density at radius 1 is 0.941 bits per heavy atom. The van der Waals surface area contributed by atoms with Gasteiger partial charge in [-0.15, -0.1) is 0 Å². The van der Waals surface area contributed by atoms with E-state index in [1.807, 2.05) is 0 Å². The molecule has 2 N–H and O–H groups in total. The second-order valence-corrected chi connectivity index (χ2v) is 7.03. The standard InChI is InChI=1S/C25H24FN3O5/c1-32-22-12-7-19(13-23(22)33-2)25(31)27-15-24(30)29-28-14-17-5-10-21(11-6-17)34-16-18-3-8-20(26)9-4-18/h3-14H,15-16H2,1-2H3,(H,27,31)(H,29,30)/b28-14+. The number of carbonyl (C=O) groups is 2. The number of carbonyl (C=O) groups excluding carboxylic acids is 2. The number of nitrogens with one attached hydrogen (secondary N) is 2. The van der Waals surface area contributed by atoms with Gasteiger partial charge in [-0.05, 0) is 65.7 Å². The van der Waals surface area contributed by atoms with Crippen LogP contribution in [0, 0.1) is 5.82 Å². The molecule has 3 aromatic carbocycles. The first-order chi connectivity index (χ1) is 16.5. The molecule has 3 rings (SSSR count). The van der Waals surface area contributed by atoms with Gasteiger partial charge in [-0.3, -0.25) is 9.59 Å². The molecule has 0 radical (unpaired) electrons. The fourth-order valence-electron chi connectivity index (χ4n) is 2.86. The average molecular weight is 465 g/mol. The smallest absolute Gasteiger partial charge is 0.259 e. The summed E-state index contributed by atoms with van der Waals surface area (Å²) in [4.78, 5) is 24.2. The van der Waals surface area contributed by atoms with E-state index in [4.69, 9.17) is 14.2 Å².